The number of amides is 1. The monoisotopic (exact) mass is 222 g/mol. The van der Waals surface area contributed by atoms with Gasteiger partial charge in [-0.1, -0.05) is 0 Å². The first kappa shape index (κ1) is 10.6. The van der Waals surface area contributed by atoms with Crippen molar-refractivity contribution in [3.05, 3.63) is 29.6 Å². The molecule has 0 aliphatic carbocycles. The number of nitrogens with zero attached hydrogens (tertiary/aromatic N) is 1. The number of hydrogen-bond acceptors (Lipinski definition) is 3. The summed E-state index contributed by atoms with van der Waals surface area (Å²) >= 11 is 0. The molecule has 0 bridgehead atoms. The Balaban J connectivity index is 2.46. The van der Waals surface area contributed by atoms with Gasteiger partial charge in [0.2, 0.25) is 0 Å². The van der Waals surface area contributed by atoms with E-state index in [0.717, 1.165) is 6.07 Å². The summed E-state index contributed by atoms with van der Waals surface area (Å²) in [6.07, 6.45) is 0. The maximum atomic E-state index is 12.9. The third kappa shape index (κ3) is 1.44. The number of hydrazone groups is 1. The van der Waals surface area contributed by atoms with Crippen molar-refractivity contribution in [2.45, 2.75) is 13.8 Å². The maximum Gasteiger partial charge on any atom is 0.251 e. The predicted molar refractivity (Wildman–Crippen MR) is 56.5 cm³/mol. The van der Waals surface area contributed by atoms with E-state index in [1.165, 1.54) is 12.1 Å². The quantitative estimate of drug-likeness (QED) is 0.754. The zero-order valence-corrected chi connectivity index (χ0v) is 8.91. The topological polar surface area (TPSA) is 61.7 Å². The summed E-state index contributed by atoms with van der Waals surface area (Å²) in [5.74, 6) is -1.36. The molecule has 0 atom stereocenters. The molecule has 0 saturated heterocycles. The van der Waals surface area contributed by atoms with Gasteiger partial charge in [0.1, 0.15) is 0 Å². The average molecular weight is 222 g/mol. The summed E-state index contributed by atoms with van der Waals surface area (Å²) in [7, 11) is 0. The highest BCUT2D eigenvalue weighted by Gasteiger charge is 2.39. The third-order valence-corrected chi connectivity index (χ3v) is 2.65. The molecular weight excluding hydrogens is 211 g/mol. The van der Waals surface area contributed by atoms with Crippen LogP contribution in [0.25, 0.3) is 0 Å². The van der Waals surface area contributed by atoms with Gasteiger partial charge in [0.15, 0.2) is 11.6 Å². The Bertz CT molecular complexity index is 495. The van der Waals surface area contributed by atoms with E-state index in [-0.39, 0.29) is 5.91 Å². The van der Waals surface area contributed by atoms with Crippen molar-refractivity contribution in [1.82, 2.24) is 5.43 Å². The van der Waals surface area contributed by atoms with Crippen molar-refractivity contribution in [1.29, 1.82) is 0 Å². The fourth-order valence-corrected chi connectivity index (χ4v) is 1.58. The summed E-state index contributed by atoms with van der Waals surface area (Å²) in [4.78, 5) is 11.5. The SMILES string of the molecule is CC1(C)C(=O)NN=C1c1ccc(F)c(O)c1. The van der Waals surface area contributed by atoms with Gasteiger partial charge < -0.3 is 5.11 Å². The van der Waals surface area contributed by atoms with Crippen molar-refractivity contribution in [3.8, 4) is 5.75 Å². The summed E-state index contributed by atoms with van der Waals surface area (Å²) in [5, 5.41) is 13.2. The second-order valence-electron chi connectivity index (χ2n) is 4.19. The number of phenolic OH excluding ortho intramolecular Hbond substituents is 1. The van der Waals surface area contributed by atoms with Crippen LogP contribution in [0.1, 0.15) is 19.4 Å². The lowest BCUT2D eigenvalue weighted by Crippen LogP contribution is -2.32. The molecule has 4 nitrogen and oxygen atoms in total. The van der Waals surface area contributed by atoms with E-state index >= 15 is 0 Å². The van der Waals surface area contributed by atoms with Gasteiger partial charge in [-0.05, 0) is 32.0 Å². The number of phenols is 1. The Hall–Kier alpha value is -1.91. The van der Waals surface area contributed by atoms with E-state index in [4.69, 9.17) is 0 Å². The minimum absolute atomic E-state index is 0.216. The van der Waals surface area contributed by atoms with Crippen LogP contribution < -0.4 is 5.43 Å². The van der Waals surface area contributed by atoms with E-state index in [9.17, 15) is 14.3 Å². The second-order valence-corrected chi connectivity index (χ2v) is 4.19. The molecule has 1 aliphatic rings. The summed E-state index contributed by atoms with van der Waals surface area (Å²) in [6, 6.07) is 3.89. The zero-order chi connectivity index (χ0) is 11.9. The molecule has 84 valence electrons. The smallest absolute Gasteiger partial charge is 0.251 e. The van der Waals surface area contributed by atoms with Gasteiger partial charge in [0, 0.05) is 5.56 Å². The normalized spacial score (nSPS) is 18.2. The van der Waals surface area contributed by atoms with Crippen LogP contribution >= 0.6 is 0 Å². The number of rotatable bonds is 1. The Labute approximate surface area is 91.8 Å². The van der Waals surface area contributed by atoms with Gasteiger partial charge in [0.25, 0.3) is 5.91 Å². The first-order chi connectivity index (χ1) is 7.43. The Morgan fingerprint density at radius 2 is 2.12 bits per heavy atom. The maximum absolute atomic E-state index is 12.9. The highest BCUT2D eigenvalue weighted by Crippen LogP contribution is 2.29. The van der Waals surface area contributed by atoms with Gasteiger partial charge in [0.05, 0.1) is 11.1 Å². The molecule has 0 radical (unpaired) electrons. The molecule has 0 fully saturated rings. The number of carbonyl (C=O) groups is 1. The minimum atomic E-state index is -0.774. The predicted octanol–water partition coefficient (Wildman–Crippen LogP) is 1.39. The van der Waals surface area contributed by atoms with Crippen molar-refractivity contribution in [2.24, 2.45) is 10.5 Å². The van der Waals surface area contributed by atoms with Gasteiger partial charge >= 0.3 is 0 Å². The number of hydrogen-bond donors (Lipinski definition) is 2. The van der Waals surface area contributed by atoms with Gasteiger partial charge in [-0.2, -0.15) is 5.10 Å². The largest absolute Gasteiger partial charge is 0.505 e. The highest BCUT2D eigenvalue weighted by molar-refractivity contribution is 6.19. The van der Waals surface area contributed by atoms with E-state index in [1.807, 2.05) is 0 Å². The Morgan fingerprint density at radius 3 is 2.62 bits per heavy atom. The summed E-state index contributed by atoms with van der Waals surface area (Å²) in [5.41, 5.74) is 2.62. The zero-order valence-electron chi connectivity index (χ0n) is 8.91. The molecule has 2 rings (SSSR count). The van der Waals surface area contributed by atoms with Crippen LogP contribution in [0.4, 0.5) is 4.39 Å². The first-order valence-corrected chi connectivity index (χ1v) is 4.80. The number of nitrogens with one attached hydrogen (secondary N) is 1. The van der Waals surface area contributed by atoms with Crippen molar-refractivity contribution >= 4 is 11.6 Å². The molecule has 1 amide bonds. The van der Waals surface area contributed by atoms with E-state index in [2.05, 4.69) is 10.5 Å². The molecule has 0 aromatic heterocycles. The van der Waals surface area contributed by atoms with Gasteiger partial charge in [-0.25, -0.2) is 9.82 Å². The van der Waals surface area contributed by atoms with Crippen LogP contribution in [-0.4, -0.2) is 16.7 Å². The molecule has 2 N–H and O–H groups in total. The number of benzene rings is 1. The van der Waals surface area contributed by atoms with Crippen molar-refractivity contribution in [3.63, 3.8) is 0 Å². The lowest BCUT2D eigenvalue weighted by atomic mass is 9.84. The molecule has 1 aromatic carbocycles. The number of halogens is 1. The molecular formula is C11H11FN2O2. The van der Waals surface area contributed by atoms with Crippen LogP contribution in [0.15, 0.2) is 23.3 Å². The lowest BCUT2D eigenvalue weighted by molar-refractivity contribution is -0.125. The summed E-state index contributed by atoms with van der Waals surface area (Å²) < 4.78 is 12.9. The van der Waals surface area contributed by atoms with Crippen molar-refractivity contribution in [2.75, 3.05) is 0 Å². The molecule has 1 aliphatic heterocycles. The van der Waals surface area contributed by atoms with Crippen LogP contribution in [0.5, 0.6) is 5.75 Å². The molecule has 1 heterocycles. The van der Waals surface area contributed by atoms with Crippen LogP contribution in [0, 0.1) is 11.2 Å². The van der Waals surface area contributed by atoms with Crippen molar-refractivity contribution < 1.29 is 14.3 Å². The van der Waals surface area contributed by atoms with E-state index in [0.29, 0.717) is 11.3 Å². The Kier molecular flexibility index (Phi) is 2.18. The molecule has 16 heavy (non-hydrogen) atoms. The minimum Gasteiger partial charge on any atom is -0.505 e. The first-order valence-electron chi connectivity index (χ1n) is 4.80. The van der Waals surface area contributed by atoms with Gasteiger partial charge in [-0.3, -0.25) is 4.79 Å². The standard InChI is InChI=1S/C11H11FN2O2/c1-11(2)9(13-14-10(11)16)6-3-4-7(12)8(15)5-6/h3-5,15H,1-2H3,(H,14,16). The third-order valence-electron chi connectivity index (χ3n) is 2.65. The van der Waals surface area contributed by atoms with Crippen LogP contribution in [0.3, 0.4) is 0 Å². The molecule has 0 spiro atoms. The van der Waals surface area contributed by atoms with E-state index in [1.54, 1.807) is 13.8 Å². The molecule has 5 heteroatoms. The average Bonchev–Trinajstić information content (AvgIpc) is 2.47. The fraction of sp³-hybridized carbons (Fsp3) is 0.273. The van der Waals surface area contributed by atoms with Crippen LogP contribution in [-0.2, 0) is 4.79 Å². The molecule has 0 saturated carbocycles. The molecule has 0 unspecified atom stereocenters. The molecule has 1 aromatic rings. The van der Waals surface area contributed by atoms with Crippen LogP contribution in [0.2, 0.25) is 0 Å². The van der Waals surface area contributed by atoms with E-state index < -0.39 is 17.0 Å². The lowest BCUT2D eigenvalue weighted by Gasteiger charge is -2.16. The van der Waals surface area contributed by atoms with Gasteiger partial charge in [-0.15, -0.1) is 0 Å². The Morgan fingerprint density at radius 1 is 1.44 bits per heavy atom. The summed E-state index contributed by atoms with van der Waals surface area (Å²) in [6.45, 7) is 3.43. The number of aromatic hydroxyl groups is 1. The second kappa shape index (κ2) is 3.30. The highest BCUT2D eigenvalue weighted by atomic mass is 19.1. The number of carbonyl (C=O) groups excluding carboxylic acids is 1. The fourth-order valence-electron chi connectivity index (χ4n) is 1.58.